The smallest absolute Gasteiger partial charge is 0.225 e. The van der Waals surface area contributed by atoms with Crippen LogP contribution in [0.15, 0.2) is 18.2 Å². The molecule has 1 rings (SSSR count). The minimum absolute atomic E-state index is 0. The monoisotopic (exact) mass is 260 g/mol. The molecule has 0 aliphatic rings. The van der Waals surface area contributed by atoms with Gasteiger partial charge in [-0.25, -0.2) is 0 Å². The van der Waals surface area contributed by atoms with Gasteiger partial charge in [-0.05, 0) is 30.9 Å². The summed E-state index contributed by atoms with van der Waals surface area (Å²) < 4.78 is 0. The van der Waals surface area contributed by atoms with Crippen molar-refractivity contribution in [3.8, 4) is 0 Å². The molecule has 3 nitrogen and oxygen atoms in total. The summed E-state index contributed by atoms with van der Waals surface area (Å²) in [5.74, 6) is 0.880. The van der Waals surface area contributed by atoms with Crippen molar-refractivity contribution in [3.63, 3.8) is 0 Å². The SMILES string of the molecule is CSCCC(=O)Nc1cc(N)ccc1C.Cl. The van der Waals surface area contributed by atoms with Crippen LogP contribution in [0.5, 0.6) is 0 Å². The number of aryl methyl sites for hydroxylation is 1. The van der Waals surface area contributed by atoms with Crippen molar-refractivity contribution in [1.82, 2.24) is 0 Å². The van der Waals surface area contributed by atoms with E-state index >= 15 is 0 Å². The zero-order valence-corrected chi connectivity index (χ0v) is 11.1. The van der Waals surface area contributed by atoms with E-state index in [1.807, 2.05) is 25.3 Å². The quantitative estimate of drug-likeness (QED) is 0.819. The van der Waals surface area contributed by atoms with Crippen LogP contribution in [0.3, 0.4) is 0 Å². The van der Waals surface area contributed by atoms with Gasteiger partial charge in [0.25, 0.3) is 0 Å². The topological polar surface area (TPSA) is 55.1 Å². The van der Waals surface area contributed by atoms with Gasteiger partial charge in [0.1, 0.15) is 0 Å². The molecular weight excluding hydrogens is 244 g/mol. The molecule has 5 heteroatoms. The fourth-order valence-electron chi connectivity index (χ4n) is 1.18. The molecule has 16 heavy (non-hydrogen) atoms. The lowest BCUT2D eigenvalue weighted by molar-refractivity contribution is -0.115. The van der Waals surface area contributed by atoms with Crippen LogP contribution < -0.4 is 11.1 Å². The van der Waals surface area contributed by atoms with E-state index < -0.39 is 0 Å². The lowest BCUT2D eigenvalue weighted by atomic mass is 10.2. The van der Waals surface area contributed by atoms with Gasteiger partial charge in [-0.2, -0.15) is 11.8 Å². The first-order valence-corrected chi connectivity index (χ1v) is 6.18. The Morgan fingerprint density at radius 1 is 1.50 bits per heavy atom. The van der Waals surface area contributed by atoms with E-state index in [0.717, 1.165) is 17.0 Å². The predicted molar refractivity (Wildman–Crippen MR) is 74.5 cm³/mol. The number of halogens is 1. The second-order valence-electron chi connectivity index (χ2n) is 3.37. The lowest BCUT2D eigenvalue weighted by Crippen LogP contribution is -2.13. The van der Waals surface area contributed by atoms with Crippen molar-refractivity contribution < 1.29 is 4.79 Å². The Labute approximate surface area is 107 Å². The van der Waals surface area contributed by atoms with E-state index in [4.69, 9.17) is 5.73 Å². The molecular formula is C11H17ClN2OS. The molecule has 0 spiro atoms. The van der Waals surface area contributed by atoms with E-state index in [-0.39, 0.29) is 18.3 Å². The lowest BCUT2D eigenvalue weighted by Gasteiger charge is -2.08. The van der Waals surface area contributed by atoms with Crippen molar-refractivity contribution in [3.05, 3.63) is 23.8 Å². The Balaban J connectivity index is 0.00000225. The molecule has 0 aliphatic carbocycles. The Bertz CT molecular complexity index is 358. The second-order valence-corrected chi connectivity index (χ2v) is 4.35. The first-order valence-electron chi connectivity index (χ1n) is 4.78. The molecule has 3 N–H and O–H groups in total. The zero-order valence-electron chi connectivity index (χ0n) is 9.45. The number of nitrogens with one attached hydrogen (secondary N) is 1. The molecule has 0 fully saturated rings. The molecule has 1 aromatic carbocycles. The molecule has 0 heterocycles. The summed E-state index contributed by atoms with van der Waals surface area (Å²) in [5.41, 5.74) is 8.15. The molecule has 0 aromatic heterocycles. The second kappa shape index (κ2) is 7.41. The summed E-state index contributed by atoms with van der Waals surface area (Å²) in [6.45, 7) is 1.95. The van der Waals surface area contributed by atoms with E-state index in [1.54, 1.807) is 17.8 Å². The van der Waals surface area contributed by atoms with Crippen molar-refractivity contribution >= 4 is 41.5 Å². The highest BCUT2D eigenvalue weighted by atomic mass is 35.5. The summed E-state index contributed by atoms with van der Waals surface area (Å²) in [6, 6.07) is 5.51. The molecule has 1 aromatic rings. The summed E-state index contributed by atoms with van der Waals surface area (Å²) >= 11 is 1.66. The van der Waals surface area contributed by atoms with Gasteiger partial charge >= 0.3 is 0 Å². The first-order chi connectivity index (χ1) is 7.13. The van der Waals surface area contributed by atoms with E-state index in [9.17, 15) is 4.79 Å². The van der Waals surface area contributed by atoms with E-state index in [2.05, 4.69) is 5.32 Å². The van der Waals surface area contributed by atoms with Crippen LogP contribution in [0.25, 0.3) is 0 Å². The van der Waals surface area contributed by atoms with Gasteiger partial charge in [0.15, 0.2) is 0 Å². The third-order valence-corrected chi connectivity index (χ3v) is 2.68. The van der Waals surface area contributed by atoms with Gasteiger partial charge in [0.2, 0.25) is 5.91 Å². The van der Waals surface area contributed by atoms with E-state index in [0.29, 0.717) is 12.1 Å². The fourth-order valence-corrected chi connectivity index (χ4v) is 1.57. The number of anilines is 2. The van der Waals surface area contributed by atoms with Crippen molar-refractivity contribution in [2.75, 3.05) is 23.1 Å². The summed E-state index contributed by atoms with van der Waals surface area (Å²) in [5, 5.41) is 2.85. The maximum absolute atomic E-state index is 11.5. The van der Waals surface area contributed by atoms with Crippen LogP contribution in [-0.4, -0.2) is 17.9 Å². The molecule has 0 saturated carbocycles. The highest BCUT2D eigenvalue weighted by Gasteiger charge is 2.04. The Morgan fingerprint density at radius 2 is 2.19 bits per heavy atom. The Kier molecular flexibility index (Phi) is 7.01. The van der Waals surface area contributed by atoms with Crippen molar-refractivity contribution in [2.45, 2.75) is 13.3 Å². The maximum Gasteiger partial charge on any atom is 0.225 e. The molecule has 0 unspecified atom stereocenters. The summed E-state index contributed by atoms with van der Waals surface area (Å²) in [6.07, 6.45) is 2.52. The van der Waals surface area contributed by atoms with Gasteiger partial charge < -0.3 is 11.1 Å². The number of hydrogen-bond donors (Lipinski definition) is 2. The minimum atomic E-state index is 0. The number of carbonyl (C=O) groups excluding carboxylic acids is 1. The molecule has 90 valence electrons. The highest BCUT2D eigenvalue weighted by molar-refractivity contribution is 7.98. The number of benzene rings is 1. The normalized spacial score (nSPS) is 9.38. The highest BCUT2D eigenvalue weighted by Crippen LogP contribution is 2.18. The zero-order chi connectivity index (χ0) is 11.3. The molecule has 1 amide bonds. The number of thioether (sulfide) groups is 1. The Hall–Kier alpha value is -0.870. The standard InChI is InChI=1S/C11H16N2OS.ClH/c1-8-3-4-9(12)7-10(8)13-11(14)5-6-15-2;/h3-4,7H,5-6,12H2,1-2H3,(H,13,14);1H. The third-order valence-electron chi connectivity index (χ3n) is 2.07. The Morgan fingerprint density at radius 3 is 2.81 bits per heavy atom. The van der Waals surface area contributed by atoms with Crippen molar-refractivity contribution in [1.29, 1.82) is 0 Å². The number of nitrogens with two attached hydrogens (primary N) is 1. The summed E-state index contributed by atoms with van der Waals surface area (Å²) in [4.78, 5) is 11.5. The largest absolute Gasteiger partial charge is 0.399 e. The molecule has 0 saturated heterocycles. The maximum atomic E-state index is 11.5. The van der Waals surface area contributed by atoms with Gasteiger partial charge in [-0.1, -0.05) is 6.07 Å². The third kappa shape index (κ3) is 4.77. The first kappa shape index (κ1) is 15.1. The van der Waals surface area contributed by atoms with Crippen LogP contribution in [0.2, 0.25) is 0 Å². The average Bonchev–Trinajstić information content (AvgIpc) is 2.20. The number of hydrogen-bond acceptors (Lipinski definition) is 3. The minimum Gasteiger partial charge on any atom is -0.399 e. The number of rotatable bonds is 4. The summed E-state index contributed by atoms with van der Waals surface area (Å²) in [7, 11) is 0. The van der Waals surface area contributed by atoms with Gasteiger partial charge in [-0.15, -0.1) is 12.4 Å². The van der Waals surface area contributed by atoms with Gasteiger partial charge in [0.05, 0.1) is 0 Å². The van der Waals surface area contributed by atoms with Crippen molar-refractivity contribution in [2.24, 2.45) is 0 Å². The van der Waals surface area contributed by atoms with Crippen LogP contribution in [-0.2, 0) is 4.79 Å². The van der Waals surface area contributed by atoms with E-state index in [1.165, 1.54) is 0 Å². The molecule has 0 radical (unpaired) electrons. The average molecular weight is 261 g/mol. The number of nitrogen functional groups attached to an aromatic ring is 1. The van der Waals surface area contributed by atoms with Gasteiger partial charge in [0, 0.05) is 23.5 Å². The van der Waals surface area contributed by atoms with Crippen LogP contribution in [0, 0.1) is 6.92 Å². The molecule has 0 atom stereocenters. The molecule has 0 bridgehead atoms. The molecule has 0 aliphatic heterocycles. The van der Waals surface area contributed by atoms with Crippen LogP contribution in [0.1, 0.15) is 12.0 Å². The van der Waals surface area contributed by atoms with Gasteiger partial charge in [-0.3, -0.25) is 4.79 Å². The fraction of sp³-hybridized carbons (Fsp3) is 0.364. The number of carbonyl (C=O) groups is 1. The predicted octanol–water partition coefficient (Wildman–Crippen LogP) is 2.69. The van der Waals surface area contributed by atoms with Crippen LogP contribution >= 0.6 is 24.2 Å². The van der Waals surface area contributed by atoms with Crippen LogP contribution in [0.4, 0.5) is 11.4 Å². The number of amides is 1.